The molecule has 0 fully saturated rings. The van der Waals surface area contributed by atoms with E-state index < -0.39 is 0 Å². The smallest absolute Gasteiger partial charge is 0.222 e. The van der Waals surface area contributed by atoms with E-state index in [0.717, 1.165) is 30.2 Å². The van der Waals surface area contributed by atoms with Gasteiger partial charge in [0.25, 0.3) is 0 Å². The van der Waals surface area contributed by atoms with Gasteiger partial charge >= 0.3 is 0 Å². The first-order valence-corrected chi connectivity index (χ1v) is 6.73. The van der Waals surface area contributed by atoms with Crippen molar-refractivity contribution in [2.45, 2.75) is 13.3 Å². The molecule has 0 saturated carbocycles. The summed E-state index contributed by atoms with van der Waals surface area (Å²) < 4.78 is 11.1. The first-order chi connectivity index (χ1) is 9.81. The summed E-state index contributed by atoms with van der Waals surface area (Å²) in [6.07, 6.45) is 2.64. The van der Waals surface area contributed by atoms with Gasteiger partial charge < -0.3 is 14.8 Å². The van der Waals surface area contributed by atoms with Crippen LogP contribution in [0, 0.1) is 6.92 Å². The van der Waals surface area contributed by atoms with Gasteiger partial charge in [0.1, 0.15) is 13.2 Å². The summed E-state index contributed by atoms with van der Waals surface area (Å²) in [4.78, 5) is 8.48. The van der Waals surface area contributed by atoms with Crippen molar-refractivity contribution in [3.63, 3.8) is 0 Å². The lowest BCUT2D eigenvalue weighted by atomic mass is 10.1. The number of aryl methyl sites for hydroxylation is 1. The maximum atomic E-state index is 5.57. The highest BCUT2D eigenvalue weighted by Gasteiger charge is 2.11. The number of nitrogens with zero attached hydrogens (tertiary/aromatic N) is 2. The van der Waals surface area contributed by atoms with E-state index in [-0.39, 0.29) is 0 Å². The molecule has 1 aromatic carbocycles. The van der Waals surface area contributed by atoms with Crippen molar-refractivity contribution in [3.05, 3.63) is 41.7 Å². The first kappa shape index (κ1) is 12.7. The van der Waals surface area contributed by atoms with Gasteiger partial charge in [-0.05, 0) is 37.1 Å². The average Bonchev–Trinajstić information content (AvgIpc) is 2.47. The van der Waals surface area contributed by atoms with Gasteiger partial charge in [0.15, 0.2) is 11.5 Å². The Bertz CT molecular complexity index is 601. The number of aromatic nitrogens is 2. The zero-order chi connectivity index (χ0) is 13.8. The van der Waals surface area contributed by atoms with Gasteiger partial charge in [0, 0.05) is 18.4 Å². The van der Waals surface area contributed by atoms with Crippen molar-refractivity contribution in [3.8, 4) is 11.5 Å². The Morgan fingerprint density at radius 1 is 1.15 bits per heavy atom. The second kappa shape index (κ2) is 5.77. The molecule has 0 unspecified atom stereocenters. The van der Waals surface area contributed by atoms with Crippen molar-refractivity contribution in [1.82, 2.24) is 9.97 Å². The van der Waals surface area contributed by atoms with E-state index in [9.17, 15) is 0 Å². The minimum absolute atomic E-state index is 0.617. The summed E-state index contributed by atoms with van der Waals surface area (Å²) in [5.41, 5.74) is 2.16. The first-order valence-electron chi connectivity index (χ1n) is 6.73. The number of fused-ring (bicyclic) bond motifs is 1. The zero-order valence-corrected chi connectivity index (χ0v) is 11.4. The van der Waals surface area contributed by atoms with Crippen molar-refractivity contribution in [2.75, 3.05) is 25.1 Å². The molecular weight excluding hydrogens is 254 g/mol. The van der Waals surface area contributed by atoms with Crippen molar-refractivity contribution < 1.29 is 9.47 Å². The van der Waals surface area contributed by atoms with E-state index in [1.54, 1.807) is 6.20 Å². The van der Waals surface area contributed by atoms with Crippen LogP contribution in [0.5, 0.6) is 11.5 Å². The monoisotopic (exact) mass is 271 g/mol. The molecule has 0 saturated heterocycles. The lowest BCUT2D eigenvalue weighted by molar-refractivity contribution is 0.171. The zero-order valence-electron chi connectivity index (χ0n) is 11.4. The largest absolute Gasteiger partial charge is 0.486 e. The van der Waals surface area contributed by atoms with Gasteiger partial charge in [-0.25, -0.2) is 9.97 Å². The second-order valence-electron chi connectivity index (χ2n) is 4.68. The summed E-state index contributed by atoms with van der Waals surface area (Å²) >= 11 is 0. The lowest BCUT2D eigenvalue weighted by Crippen LogP contribution is -2.15. The minimum atomic E-state index is 0.617. The molecule has 5 nitrogen and oxygen atoms in total. The van der Waals surface area contributed by atoms with E-state index >= 15 is 0 Å². The molecule has 1 aliphatic rings. The third-order valence-corrected chi connectivity index (χ3v) is 3.10. The predicted octanol–water partition coefficient (Wildman–Crippen LogP) is 2.21. The van der Waals surface area contributed by atoms with Crippen LogP contribution in [-0.4, -0.2) is 29.7 Å². The number of anilines is 1. The molecule has 5 heteroatoms. The molecule has 3 rings (SSSR count). The maximum Gasteiger partial charge on any atom is 0.222 e. The molecule has 1 N–H and O–H groups in total. The van der Waals surface area contributed by atoms with Crippen LogP contribution >= 0.6 is 0 Å². The maximum absolute atomic E-state index is 5.57. The van der Waals surface area contributed by atoms with Crippen molar-refractivity contribution in [2.24, 2.45) is 0 Å². The highest BCUT2D eigenvalue weighted by atomic mass is 16.6. The number of rotatable bonds is 4. The predicted molar refractivity (Wildman–Crippen MR) is 76.4 cm³/mol. The van der Waals surface area contributed by atoms with E-state index in [1.807, 2.05) is 25.1 Å². The summed E-state index contributed by atoms with van der Waals surface area (Å²) in [6.45, 7) is 3.97. The van der Waals surface area contributed by atoms with Crippen molar-refractivity contribution >= 4 is 5.95 Å². The number of benzene rings is 1. The van der Waals surface area contributed by atoms with E-state index in [4.69, 9.17) is 9.47 Å². The molecule has 0 spiro atoms. The topological polar surface area (TPSA) is 56.3 Å². The SMILES string of the molecule is Cc1ccnc(NCCc2ccc3c(c2)OCCO3)n1. The number of nitrogens with one attached hydrogen (secondary N) is 1. The van der Waals surface area contributed by atoms with Crippen LogP contribution < -0.4 is 14.8 Å². The van der Waals surface area contributed by atoms with Gasteiger partial charge in [-0.2, -0.15) is 0 Å². The highest BCUT2D eigenvalue weighted by Crippen LogP contribution is 2.30. The van der Waals surface area contributed by atoms with E-state index in [0.29, 0.717) is 19.2 Å². The average molecular weight is 271 g/mol. The van der Waals surface area contributed by atoms with E-state index in [2.05, 4.69) is 21.4 Å². The molecule has 104 valence electrons. The van der Waals surface area contributed by atoms with Crippen LogP contribution in [-0.2, 0) is 6.42 Å². The fraction of sp³-hybridized carbons (Fsp3) is 0.333. The second-order valence-corrected chi connectivity index (χ2v) is 4.68. The molecule has 20 heavy (non-hydrogen) atoms. The molecule has 2 aromatic rings. The van der Waals surface area contributed by atoms with Gasteiger partial charge in [-0.1, -0.05) is 6.07 Å². The molecule has 0 bridgehead atoms. The summed E-state index contributed by atoms with van der Waals surface area (Å²) in [7, 11) is 0. The van der Waals surface area contributed by atoms with Crippen LogP contribution in [0.15, 0.2) is 30.5 Å². The third-order valence-electron chi connectivity index (χ3n) is 3.10. The fourth-order valence-electron chi connectivity index (χ4n) is 2.10. The molecule has 0 atom stereocenters. The summed E-state index contributed by atoms with van der Waals surface area (Å²) in [6, 6.07) is 7.94. The minimum Gasteiger partial charge on any atom is -0.486 e. The van der Waals surface area contributed by atoms with Crippen LogP contribution in [0.4, 0.5) is 5.95 Å². The summed E-state index contributed by atoms with van der Waals surface area (Å²) in [5, 5.41) is 3.22. The number of hydrogen-bond acceptors (Lipinski definition) is 5. The molecule has 1 aromatic heterocycles. The van der Waals surface area contributed by atoms with Crippen LogP contribution in [0.1, 0.15) is 11.3 Å². The normalized spacial score (nSPS) is 13.1. The number of hydrogen-bond donors (Lipinski definition) is 1. The quantitative estimate of drug-likeness (QED) is 0.924. The van der Waals surface area contributed by atoms with Gasteiger partial charge in [-0.15, -0.1) is 0 Å². The molecule has 2 heterocycles. The fourth-order valence-corrected chi connectivity index (χ4v) is 2.10. The summed E-state index contributed by atoms with van der Waals surface area (Å²) in [5.74, 6) is 2.33. The van der Waals surface area contributed by atoms with Gasteiger partial charge in [-0.3, -0.25) is 0 Å². The Hall–Kier alpha value is -2.30. The highest BCUT2D eigenvalue weighted by molar-refractivity contribution is 5.44. The molecule has 0 amide bonds. The third kappa shape index (κ3) is 2.99. The van der Waals surface area contributed by atoms with Gasteiger partial charge in [0.05, 0.1) is 0 Å². The van der Waals surface area contributed by atoms with Crippen LogP contribution in [0.3, 0.4) is 0 Å². The van der Waals surface area contributed by atoms with Crippen molar-refractivity contribution in [1.29, 1.82) is 0 Å². The standard InChI is InChI=1S/C15H17N3O2/c1-11-4-6-16-15(18-11)17-7-5-12-2-3-13-14(10-12)20-9-8-19-13/h2-4,6,10H,5,7-9H2,1H3,(H,16,17,18). The molecule has 1 aliphatic heterocycles. The Labute approximate surface area is 118 Å². The van der Waals surface area contributed by atoms with E-state index in [1.165, 1.54) is 5.56 Å². The van der Waals surface area contributed by atoms with Crippen LogP contribution in [0.25, 0.3) is 0 Å². The Morgan fingerprint density at radius 3 is 2.85 bits per heavy atom. The van der Waals surface area contributed by atoms with Crippen LogP contribution in [0.2, 0.25) is 0 Å². The Kier molecular flexibility index (Phi) is 3.67. The van der Waals surface area contributed by atoms with Gasteiger partial charge in [0.2, 0.25) is 5.95 Å². The Morgan fingerprint density at radius 2 is 2.00 bits per heavy atom. The molecule has 0 aliphatic carbocycles. The number of ether oxygens (including phenoxy) is 2. The Balaban J connectivity index is 1.58. The lowest BCUT2D eigenvalue weighted by Gasteiger charge is -2.18. The molecule has 0 radical (unpaired) electrons. The molecular formula is C15H17N3O2.